The fraction of sp³-hybridized carbons (Fsp3) is 0.714. The highest BCUT2D eigenvalue weighted by Crippen LogP contribution is 2.07. The number of aryl methyl sites for hydroxylation is 1. The summed E-state index contributed by atoms with van der Waals surface area (Å²) in [5.74, 6) is -0.923. The summed E-state index contributed by atoms with van der Waals surface area (Å²) < 4.78 is 1.61. The molecule has 6 nitrogen and oxygen atoms in total. The minimum atomic E-state index is -0.923. The van der Waals surface area contributed by atoms with Crippen molar-refractivity contribution in [2.24, 2.45) is 7.05 Å². The van der Waals surface area contributed by atoms with Crippen LogP contribution in [0.2, 0.25) is 0 Å². The lowest BCUT2D eigenvalue weighted by Gasteiger charge is -2.20. The second-order valence-electron chi connectivity index (χ2n) is 5.39. The van der Waals surface area contributed by atoms with E-state index >= 15 is 0 Å². The first kappa shape index (κ1) is 16.7. The molecule has 0 unspecified atom stereocenters. The van der Waals surface area contributed by atoms with Gasteiger partial charge in [-0.3, -0.25) is 4.68 Å². The summed E-state index contributed by atoms with van der Waals surface area (Å²) in [5, 5.41) is 16.3. The van der Waals surface area contributed by atoms with Crippen molar-refractivity contribution in [1.82, 2.24) is 20.0 Å². The van der Waals surface area contributed by atoms with E-state index < -0.39 is 5.97 Å². The molecule has 0 aromatic carbocycles. The SMILES string of the molecule is CC(C)N(C)CCCCNCc1c(C(=O)O)cnn1C. The first-order valence-corrected chi connectivity index (χ1v) is 7.08. The maximum atomic E-state index is 11.0. The Morgan fingerprint density at radius 3 is 2.80 bits per heavy atom. The molecule has 1 aromatic heterocycles. The Kier molecular flexibility index (Phi) is 6.67. The number of rotatable bonds is 9. The molecular weight excluding hydrogens is 256 g/mol. The van der Waals surface area contributed by atoms with Crippen molar-refractivity contribution >= 4 is 5.97 Å². The van der Waals surface area contributed by atoms with Crippen LogP contribution in [0.1, 0.15) is 42.7 Å². The standard InChI is InChI=1S/C14H26N4O2/c1-11(2)17(3)8-6-5-7-15-10-13-12(14(19)20)9-16-18(13)4/h9,11,15H,5-8,10H2,1-4H3,(H,19,20). The lowest BCUT2D eigenvalue weighted by atomic mass is 10.2. The fourth-order valence-corrected chi connectivity index (χ4v) is 1.93. The van der Waals surface area contributed by atoms with Gasteiger partial charge >= 0.3 is 5.97 Å². The van der Waals surface area contributed by atoms with Gasteiger partial charge in [0.1, 0.15) is 5.56 Å². The summed E-state index contributed by atoms with van der Waals surface area (Å²) >= 11 is 0. The minimum Gasteiger partial charge on any atom is -0.478 e. The lowest BCUT2D eigenvalue weighted by Crippen LogP contribution is -2.28. The van der Waals surface area contributed by atoms with Gasteiger partial charge in [0.2, 0.25) is 0 Å². The number of carboxylic acid groups (broad SMARTS) is 1. The van der Waals surface area contributed by atoms with E-state index in [1.807, 2.05) is 0 Å². The second-order valence-corrected chi connectivity index (χ2v) is 5.39. The van der Waals surface area contributed by atoms with Gasteiger partial charge in [-0.2, -0.15) is 5.10 Å². The van der Waals surface area contributed by atoms with Crippen LogP contribution in [0.5, 0.6) is 0 Å². The Labute approximate surface area is 120 Å². The van der Waals surface area contributed by atoms with Crippen molar-refractivity contribution < 1.29 is 9.90 Å². The summed E-state index contributed by atoms with van der Waals surface area (Å²) in [6, 6.07) is 0.579. The summed E-state index contributed by atoms with van der Waals surface area (Å²) in [6.45, 7) is 6.89. The van der Waals surface area contributed by atoms with Crippen molar-refractivity contribution in [3.05, 3.63) is 17.5 Å². The number of nitrogens with one attached hydrogen (secondary N) is 1. The van der Waals surface area contributed by atoms with Crippen molar-refractivity contribution in [3.63, 3.8) is 0 Å². The molecule has 114 valence electrons. The molecule has 1 aromatic rings. The average molecular weight is 282 g/mol. The zero-order chi connectivity index (χ0) is 15.1. The maximum Gasteiger partial charge on any atom is 0.339 e. The normalized spacial score (nSPS) is 11.5. The van der Waals surface area contributed by atoms with E-state index in [1.165, 1.54) is 6.20 Å². The Balaban J connectivity index is 2.25. The van der Waals surface area contributed by atoms with Crippen LogP contribution < -0.4 is 5.32 Å². The molecule has 6 heteroatoms. The van der Waals surface area contributed by atoms with Crippen molar-refractivity contribution in [2.75, 3.05) is 20.1 Å². The van der Waals surface area contributed by atoms with E-state index in [0.717, 1.165) is 31.6 Å². The summed E-state index contributed by atoms with van der Waals surface area (Å²) in [7, 11) is 3.90. The van der Waals surface area contributed by atoms with Gasteiger partial charge < -0.3 is 15.3 Å². The third-order valence-corrected chi connectivity index (χ3v) is 3.58. The van der Waals surface area contributed by atoms with Gasteiger partial charge in [0.15, 0.2) is 0 Å². The molecule has 1 rings (SSSR count). The van der Waals surface area contributed by atoms with Gasteiger partial charge in [0, 0.05) is 19.6 Å². The number of nitrogens with zero attached hydrogens (tertiary/aromatic N) is 3. The molecule has 0 amide bonds. The molecule has 0 bridgehead atoms. The molecule has 0 atom stereocenters. The monoisotopic (exact) mass is 282 g/mol. The number of carbonyl (C=O) groups is 1. The number of hydrogen-bond donors (Lipinski definition) is 2. The molecule has 20 heavy (non-hydrogen) atoms. The zero-order valence-corrected chi connectivity index (χ0v) is 12.9. The predicted octanol–water partition coefficient (Wildman–Crippen LogP) is 1.33. The highest BCUT2D eigenvalue weighted by molar-refractivity contribution is 5.88. The van der Waals surface area contributed by atoms with Crippen LogP contribution in [-0.2, 0) is 13.6 Å². The van der Waals surface area contributed by atoms with E-state index in [2.05, 4.69) is 36.2 Å². The molecule has 0 radical (unpaired) electrons. The number of aromatic nitrogens is 2. The van der Waals surface area contributed by atoms with Crippen molar-refractivity contribution in [3.8, 4) is 0 Å². The highest BCUT2D eigenvalue weighted by Gasteiger charge is 2.14. The quantitative estimate of drug-likeness (QED) is 0.669. The molecule has 0 fully saturated rings. The fourth-order valence-electron chi connectivity index (χ4n) is 1.93. The van der Waals surface area contributed by atoms with Crippen LogP contribution in [-0.4, -0.2) is 51.9 Å². The molecule has 0 saturated carbocycles. The summed E-state index contributed by atoms with van der Waals surface area (Å²) in [6.07, 6.45) is 3.62. The molecule has 0 aliphatic carbocycles. The second kappa shape index (κ2) is 8.01. The topological polar surface area (TPSA) is 70.4 Å². The van der Waals surface area contributed by atoms with Crippen molar-refractivity contribution in [1.29, 1.82) is 0 Å². The smallest absolute Gasteiger partial charge is 0.339 e. The van der Waals surface area contributed by atoms with Crippen LogP contribution in [0.4, 0.5) is 0 Å². The zero-order valence-electron chi connectivity index (χ0n) is 12.9. The lowest BCUT2D eigenvalue weighted by molar-refractivity contribution is 0.0695. The third-order valence-electron chi connectivity index (χ3n) is 3.58. The van der Waals surface area contributed by atoms with Gasteiger partial charge in [-0.05, 0) is 46.8 Å². The average Bonchev–Trinajstić information content (AvgIpc) is 2.74. The summed E-state index contributed by atoms with van der Waals surface area (Å²) in [4.78, 5) is 13.3. The Bertz CT molecular complexity index is 429. The van der Waals surface area contributed by atoms with Gasteiger partial charge in [0.25, 0.3) is 0 Å². The maximum absolute atomic E-state index is 11.0. The van der Waals surface area contributed by atoms with Gasteiger partial charge in [-0.25, -0.2) is 4.79 Å². The largest absolute Gasteiger partial charge is 0.478 e. The molecular formula is C14H26N4O2. The van der Waals surface area contributed by atoms with Gasteiger partial charge in [0.05, 0.1) is 11.9 Å². The van der Waals surface area contributed by atoms with E-state index in [4.69, 9.17) is 5.11 Å². The van der Waals surface area contributed by atoms with E-state index in [1.54, 1.807) is 11.7 Å². The number of carboxylic acids is 1. The van der Waals surface area contributed by atoms with Crippen LogP contribution in [0.15, 0.2) is 6.20 Å². The molecule has 1 heterocycles. The summed E-state index contributed by atoms with van der Waals surface area (Å²) in [5.41, 5.74) is 0.997. The first-order chi connectivity index (χ1) is 9.43. The third kappa shape index (κ3) is 4.94. The molecule has 0 spiro atoms. The molecule has 0 aliphatic heterocycles. The Morgan fingerprint density at radius 2 is 2.20 bits per heavy atom. The van der Waals surface area contributed by atoms with Crippen LogP contribution >= 0.6 is 0 Å². The van der Waals surface area contributed by atoms with Gasteiger partial charge in [-0.15, -0.1) is 0 Å². The number of unbranched alkanes of at least 4 members (excludes halogenated alkanes) is 1. The first-order valence-electron chi connectivity index (χ1n) is 7.08. The predicted molar refractivity (Wildman–Crippen MR) is 78.9 cm³/mol. The minimum absolute atomic E-state index is 0.277. The highest BCUT2D eigenvalue weighted by atomic mass is 16.4. The Morgan fingerprint density at radius 1 is 1.50 bits per heavy atom. The van der Waals surface area contributed by atoms with Crippen LogP contribution in [0, 0.1) is 0 Å². The van der Waals surface area contributed by atoms with Crippen LogP contribution in [0.25, 0.3) is 0 Å². The van der Waals surface area contributed by atoms with E-state index in [-0.39, 0.29) is 5.56 Å². The molecule has 0 aliphatic rings. The van der Waals surface area contributed by atoms with E-state index in [9.17, 15) is 4.79 Å². The molecule has 2 N–H and O–H groups in total. The van der Waals surface area contributed by atoms with Crippen molar-refractivity contribution in [2.45, 2.75) is 39.3 Å². The van der Waals surface area contributed by atoms with E-state index in [0.29, 0.717) is 12.6 Å². The Hall–Kier alpha value is -1.40. The number of aromatic carboxylic acids is 1. The number of hydrogen-bond acceptors (Lipinski definition) is 4. The molecule has 0 saturated heterocycles. The van der Waals surface area contributed by atoms with Crippen LogP contribution in [0.3, 0.4) is 0 Å². The van der Waals surface area contributed by atoms with Gasteiger partial charge in [-0.1, -0.05) is 0 Å².